The number of Topliss-reactive ketones (excluding diaryl/α,β-unsaturated/α-hetero) is 1. The van der Waals surface area contributed by atoms with Gasteiger partial charge in [-0.1, -0.05) is 30.3 Å². The fraction of sp³-hybridized carbons (Fsp3) is 0.417. The van der Waals surface area contributed by atoms with Gasteiger partial charge < -0.3 is 13.8 Å². The zero-order chi connectivity index (χ0) is 13.4. The quantitative estimate of drug-likeness (QED) is 0.679. The number of rotatable bonds is 8. The Bertz CT molecular complexity index is 418. The maximum Gasteiger partial charge on any atom is 0.327 e. The van der Waals surface area contributed by atoms with Crippen LogP contribution in [0.2, 0.25) is 0 Å². The lowest BCUT2D eigenvalue weighted by Gasteiger charge is -2.10. The van der Waals surface area contributed by atoms with Gasteiger partial charge in [0.2, 0.25) is 0 Å². The average Bonchev–Trinajstić information content (AvgIpc) is 2.38. The zero-order valence-corrected chi connectivity index (χ0v) is 11.4. The van der Waals surface area contributed by atoms with Crippen LogP contribution in [0.3, 0.4) is 0 Å². The van der Waals surface area contributed by atoms with Gasteiger partial charge in [-0.3, -0.25) is 9.36 Å². The van der Waals surface area contributed by atoms with Gasteiger partial charge in [-0.15, -0.1) is 0 Å². The van der Waals surface area contributed by atoms with Crippen LogP contribution in [0.1, 0.15) is 5.56 Å². The van der Waals surface area contributed by atoms with Crippen molar-refractivity contribution in [2.45, 2.75) is 6.61 Å². The molecule has 0 fully saturated rings. The van der Waals surface area contributed by atoms with Crippen molar-refractivity contribution in [3.63, 3.8) is 0 Å². The highest BCUT2D eigenvalue weighted by molar-refractivity contribution is 7.52. The predicted molar refractivity (Wildman–Crippen MR) is 67.6 cm³/mol. The summed E-state index contributed by atoms with van der Waals surface area (Å²) in [6.45, 7) is 1.33. The molecule has 0 amide bonds. The Morgan fingerprint density at radius 2 is 1.89 bits per heavy atom. The molecule has 0 aliphatic carbocycles. The molecule has 18 heavy (non-hydrogen) atoms. The molecule has 0 aliphatic rings. The Kier molecular flexibility index (Phi) is 6.22. The summed E-state index contributed by atoms with van der Waals surface area (Å²) >= 11 is 0. The van der Waals surface area contributed by atoms with Gasteiger partial charge in [0.1, 0.15) is 13.2 Å². The second kappa shape index (κ2) is 7.44. The standard InChI is InChI=1S/C12H17O5P/c1-15-18(2,14)17-10-12(13)9-16-8-11-6-4-3-5-7-11/h3-7H,8-10H2,1-2H3. The van der Waals surface area contributed by atoms with Crippen LogP contribution in [-0.4, -0.2) is 32.8 Å². The molecule has 6 heteroatoms. The summed E-state index contributed by atoms with van der Waals surface area (Å²) in [5.41, 5.74) is 0.990. The summed E-state index contributed by atoms with van der Waals surface area (Å²) in [6.07, 6.45) is 0. The Morgan fingerprint density at radius 1 is 1.22 bits per heavy atom. The number of benzene rings is 1. The second-order valence-electron chi connectivity index (χ2n) is 3.74. The van der Waals surface area contributed by atoms with E-state index in [1.807, 2.05) is 30.3 Å². The van der Waals surface area contributed by atoms with E-state index in [2.05, 4.69) is 4.52 Å². The van der Waals surface area contributed by atoms with Crippen molar-refractivity contribution in [1.82, 2.24) is 0 Å². The summed E-state index contributed by atoms with van der Waals surface area (Å²) < 4.78 is 26.0. The van der Waals surface area contributed by atoms with Crippen molar-refractivity contribution in [3.05, 3.63) is 35.9 Å². The van der Waals surface area contributed by atoms with Gasteiger partial charge in [-0.05, 0) is 5.56 Å². The highest BCUT2D eigenvalue weighted by atomic mass is 31.2. The smallest absolute Gasteiger partial charge is 0.327 e. The number of carbonyl (C=O) groups is 1. The summed E-state index contributed by atoms with van der Waals surface area (Å²) in [6, 6.07) is 9.52. The van der Waals surface area contributed by atoms with Gasteiger partial charge in [0.25, 0.3) is 0 Å². The maximum atomic E-state index is 11.4. The maximum absolute atomic E-state index is 11.4. The highest BCUT2D eigenvalue weighted by Crippen LogP contribution is 2.42. The van der Waals surface area contributed by atoms with Crippen molar-refractivity contribution in [2.24, 2.45) is 0 Å². The fourth-order valence-corrected chi connectivity index (χ4v) is 1.62. The number of ketones is 1. The fourth-order valence-electron chi connectivity index (χ4n) is 1.14. The van der Waals surface area contributed by atoms with E-state index in [4.69, 9.17) is 9.26 Å². The third kappa shape index (κ3) is 6.07. The van der Waals surface area contributed by atoms with Crippen LogP contribution < -0.4 is 0 Å². The molecule has 1 rings (SSSR count). The molecular weight excluding hydrogens is 255 g/mol. The molecule has 0 heterocycles. The number of ether oxygens (including phenoxy) is 1. The van der Waals surface area contributed by atoms with Crippen LogP contribution in [-0.2, 0) is 29.8 Å². The van der Waals surface area contributed by atoms with Gasteiger partial charge in [-0.25, -0.2) is 0 Å². The first-order valence-corrected chi connectivity index (χ1v) is 7.43. The monoisotopic (exact) mass is 272 g/mol. The zero-order valence-electron chi connectivity index (χ0n) is 10.5. The van der Waals surface area contributed by atoms with Crippen molar-refractivity contribution in [2.75, 3.05) is 27.0 Å². The summed E-state index contributed by atoms with van der Waals surface area (Å²) in [5, 5.41) is 0. The summed E-state index contributed by atoms with van der Waals surface area (Å²) in [7, 11) is -1.82. The van der Waals surface area contributed by atoms with E-state index >= 15 is 0 Å². The Labute approximate surface area is 107 Å². The number of carbonyl (C=O) groups excluding carboxylic acids is 1. The first kappa shape index (κ1) is 15.1. The van der Waals surface area contributed by atoms with Crippen molar-refractivity contribution in [3.8, 4) is 0 Å². The number of hydrogen-bond acceptors (Lipinski definition) is 5. The topological polar surface area (TPSA) is 61.8 Å². The van der Waals surface area contributed by atoms with Crippen molar-refractivity contribution >= 4 is 13.4 Å². The van der Waals surface area contributed by atoms with Gasteiger partial charge in [0.05, 0.1) is 6.61 Å². The van der Waals surface area contributed by atoms with E-state index < -0.39 is 7.60 Å². The molecule has 1 unspecified atom stereocenters. The van der Waals surface area contributed by atoms with Crippen LogP contribution >= 0.6 is 7.60 Å². The SMILES string of the molecule is COP(C)(=O)OCC(=O)COCc1ccccc1. The molecule has 0 saturated heterocycles. The second-order valence-corrected chi connectivity index (χ2v) is 5.91. The first-order valence-electron chi connectivity index (χ1n) is 5.44. The molecule has 0 saturated carbocycles. The van der Waals surface area contributed by atoms with Gasteiger partial charge in [-0.2, -0.15) is 0 Å². The third-order valence-electron chi connectivity index (χ3n) is 2.17. The molecule has 0 radical (unpaired) electrons. The minimum absolute atomic E-state index is 0.0708. The van der Waals surface area contributed by atoms with E-state index in [0.717, 1.165) is 5.56 Å². The molecule has 5 nitrogen and oxygen atoms in total. The summed E-state index contributed by atoms with van der Waals surface area (Å²) in [4.78, 5) is 11.4. The lowest BCUT2D eigenvalue weighted by molar-refractivity contribution is -0.126. The molecule has 1 aromatic rings. The number of hydrogen-bond donors (Lipinski definition) is 0. The molecular formula is C12H17O5P. The van der Waals surface area contributed by atoms with Crippen LogP contribution in [0.5, 0.6) is 0 Å². The minimum Gasteiger partial charge on any atom is -0.369 e. The molecule has 0 bridgehead atoms. The van der Waals surface area contributed by atoms with E-state index in [1.54, 1.807) is 0 Å². The van der Waals surface area contributed by atoms with Gasteiger partial charge in [0.15, 0.2) is 5.78 Å². The normalized spacial score (nSPS) is 14.1. The molecule has 1 atom stereocenters. The Hall–Kier alpha value is -1.00. The molecule has 0 aliphatic heterocycles. The minimum atomic E-state index is -3.09. The lowest BCUT2D eigenvalue weighted by atomic mass is 10.2. The highest BCUT2D eigenvalue weighted by Gasteiger charge is 2.16. The summed E-state index contributed by atoms with van der Waals surface area (Å²) in [5.74, 6) is -0.273. The third-order valence-corrected chi connectivity index (χ3v) is 3.43. The molecule has 0 aromatic heterocycles. The van der Waals surface area contributed by atoms with Crippen LogP contribution in [0, 0.1) is 0 Å². The van der Waals surface area contributed by atoms with E-state index in [9.17, 15) is 9.36 Å². The van der Waals surface area contributed by atoms with Crippen LogP contribution in [0.4, 0.5) is 0 Å². The molecule has 0 N–H and O–H groups in total. The Morgan fingerprint density at radius 3 is 2.50 bits per heavy atom. The lowest BCUT2D eigenvalue weighted by Crippen LogP contribution is -2.14. The predicted octanol–water partition coefficient (Wildman–Crippen LogP) is 2.26. The van der Waals surface area contributed by atoms with Gasteiger partial charge in [0, 0.05) is 13.8 Å². The van der Waals surface area contributed by atoms with Gasteiger partial charge >= 0.3 is 7.60 Å². The molecule has 1 aromatic carbocycles. The largest absolute Gasteiger partial charge is 0.369 e. The van der Waals surface area contributed by atoms with E-state index in [1.165, 1.54) is 13.8 Å². The van der Waals surface area contributed by atoms with Crippen molar-refractivity contribution < 1.29 is 23.1 Å². The van der Waals surface area contributed by atoms with Crippen molar-refractivity contribution in [1.29, 1.82) is 0 Å². The van der Waals surface area contributed by atoms with E-state index in [0.29, 0.717) is 6.61 Å². The van der Waals surface area contributed by atoms with Crippen LogP contribution in [0.15, 0.2) is 30.3 Å². The van der Waals surface area contributed by atoms with E-state index in [-0.39, 0.29) is 19.0 Å². The Balaban J connectivity index is 2.20. The van der Waals surface area contributed by atoms with Crippen LogP contribution in [0.25, 0.3) is 0 Å². The molecule has 0 spiro atoms. The average molecular weight is 272 g/mol. The first-order chi connectivity index (χ1) is 8.53. The molecule has 100 valence electrons.